The van der Waals surface area contributed by atoms with Crippen LogP contribution >= 0.6 is 11.8 Å². The Balaban J connectivity index is 1.76. The number of benzene rings is 2. The lowest BCUT2D eigenvalue weighted by molar-refractivity contribution is 0.0228. The first-order valence-corrected chi connectivity index (χ1v) is 10.6. The molecule has 1 fully saturated rings. The fraction of sp³-hybridized carbons (Fsp3) is 0.409. The van der Waals surface area contributed by atoms with Gasteiger partial charge in [-0.05, 0) is 36.8 Å². The Labute approximate surface area is 174 Å². The van der Waals surface area contributed by atoms with Gasteiger partial charge in [0.1, 0.15) is 0 Å². The van der Waals surface area contributed by atoms with Gasteiger partial charge in [0.05, 0.1) is 13.2 Å². The number of amides is 1. The summed E-state index contributed by atoms with van der Waals surface area (Å²) in [5.74, 6) is -2.57. The van der Waals surface area contributed by atoms with Gasteiger partial charge in [-0.3, -0.25) is 9.69 Å². The molecule has 2 aromatic rings. The molecule has 3 rings (SSSR count). The van der Waals surface area contributed by atoms with Gasteiger partial charge in [0.25, 0.3) is 11.7 Å². The lowest BCUT2D eigenvalue weighted by atomic mass is 10.1. The Morgan fingerprint density at radius 1 is 1.10 bits per heavy atom. The maximum atomic E-state index is 13.3. The number of nitrogens with zero attached hydrogens (tertiary/aromatic N) is 2. The van der Waals surface area contributed by atoms with Crippen LogP contribution in [0.4, 0.5) is 8.78 Å². The number of carbonyl (C=O) groups is 1. The Bertz CT molecular complexity index is 768. The number of ether oxygens (including phenoxy) is 1. The number of halogens is 2. The van der Waals surface area contributed by atoms with Gasteiger partial charge in [0.2, 0.25) is 0 Å². The second kappa shape index (κ2) is 10.7. The third-order valence-corrected chi connectivity index (χ3v) is 5.66. The van der Waals surface area contributed by atoms with Crippen LogP contribution in [0.25, 0.3) is 0 Å². The number of morpholine rings is 1. The normalized spacial score (nSPS) is 16.0. The zero-order valence-electron chi connectivity index (χ0n) is 16.5. The molecule has 1 heterocycles. The van der Waals surface area contributed by atoms with E-state index in [2.05, 4.69) is 11.8 Å². The molecule has 0 aromatic heterocycles. The molecule has 156 valence electrons. The van der Waals surface area contributed by atoms with Crippen molar-refractivity contribution in [2.45, 2.75) is 30.2 Å². The lowest BCUT2D eigenvalue weighted by Crippen LogP contribution is -2.47. The van der Waals surface area contributed by atoms with Crippen LogP contribution in [-0.2, 0) is 11.3 Å². The van der Waals surface area contributed by atoms with Crippen LogP contribution in [-0.4, -0.2) is 60.4 Å². The van der Waals surface area contributed by atoms with E-state index in [1.807, 2.05) is 35.2 Å². The van der Waals surface area contributed by atoms with Crippen LogP contribution in [0, 0.1) is 0 Å². The van der Waals surface area contributed by atoms with Gasteiger partial charge in [-0.1, -0.05) is 42.1 Å². The Kier molecular flexibility index (Phi) is 8.03. The summed E-state index contributed by atoms with van der Waals surface area (Å²) >= 11 is 0.483. The number of carbonyl (C=O) groups excluding carboxylic acids is 1. The minimum Gasteiger partial charge on any atom is -0.379 e. The minimum absolute atomic E-state index is 0.00378. The Hall–Kier alpha value is -1.96. The molecule has 0 saturated carbocycles. The summed E-state index contributed by atoms with van der Waals surface area (Å²) in [7, 11) is 0. The van der Waals surface area contributed by atoms with Crippen LogP contribution in [0.3, 0.4) is 0 Å². The predicted octanol–water partition coefficient (Wildman–Crippen LogP) is 4.36. The molecule has 0 radical (unpaired) electrons. The van der Waals surface area contributed by atoms with Crippen molar-refractivity contribution in [1.82, 2.24) is 9.80 Å². The van der Waals surface area contributed by atoms with Crippen molar-refractivity contribution >= 4 is 17.7 Å². The van der Waals surface area contributed by atoms with Gasteiger partial charge in [0, 0.05) is 42.7 Å². The molecule has 1 aliphatic rings. The SMILES string of the molecule is CC(CN1CCOCC1)N(Cc1ccccc1)C(=O)c1ccc(SC(F)F)cc1. The zero-order chi connectivity index (χ0) is 20.6. The molecular weight excluding hydrogens is 394 g/mol. The van der Waals surface area contributed by atoms with Crippen molar-refractivity contribution in [2.24, 2.45) is 0 Å². The van der Waals surface area contributed by atoms with Gasteiger partial charge in [-0.2, -0.15) is 8.78 Å². The highest BCUT2D eigenvalue weighted by Gasteiger charge is 2.24. The van der Waals surface area contributed by atoms with Crippen LogP contribution in [0.1, 0.15) is 22.8 Å². The smallest absolute Gasteiger partial charge is 0.288 e. The van der Waals surface area contributed by atoms with Crippen LogP contribution in [0.5, 0.6) is 0 Å². The van der Waals surface area contributed by atoms with Crippen molar-refractivity contribution < 1.29 is 18.3 Å². The zero-order valence-corrected chi connectivity index (χ0v) is 17.3. The van der Waals surface area contributed by atoms with Gasteiger partial charge < -0.3 is 9.64 Å². The number of rotatable bonds is 8. The van der Waals surface area contributed by atoms with Gasteiger partial charge in [0.15, 0.2) is 0 Å². The van der Waals surface area contributed by atoms with Crippen LogP contribution in [0.15, 0.2) is 59.5 Å². The molecule has 0 N–H and O–H groups in total. The molecule has 2 aromatic carbocycles. The summed E-state index contributed by atoms with van der Waals surface area (Å²) in [6.07, 6.45) is 0. The van der Waals surface area contributed by atoms with E-state index in [0.717, 1.165) is 25.2 Å². The molecule has 4 nitrogen and oxygen atoms in total. The maximum absolute atomic E-state index is 13.3. The highest BCUT2D eigenvalue weighted by Crippen LogP contribution is 2.26. The fourth-order valence-corrected chi connectivity index (χ4v) is 3.91. The largest absolute Gasteiger partial charge is 0.379 e. The summed E-state index contributed by atoms with van der Waals surface area (Å²) in [4.78, 5) is 17.9. The van der Waals surface area contributed by atoms with E-state index >= 15 is 0 Å². The van der Waals surface area contributed by atoms with E-state index in [0.29, 0.717) is 42.0 Å². The van der Waals surface area contributed by atoms with E-state index in [9.17, 15) is 13.6 Å². The summed E-state index contributed by atoms with van der Waals surface area (Å²) < 4.78 is 30.5. The highest BCUT2D eigenvalue weighted by atomic mass is 32.2. The molecular formula is C22H26F2N2O2S. The van der Waals surface area contributed by atoms with E-state index in [1.54, 1.807) is 24.3 Å². The van der Waals surface area contributed by atoms with Gasteiger partial charge >= 0.3 is 0 Å². The average Bonchev–Trinajstić information content (AvgIpc) is 2.73. The fourth-order valence-electron chi connectivity index (χ4n) is 3.41. The summed E-state index contributed by atoms with van der Waals surface area (Å²) in [5.41, 5.74) is 1.56. The van der Waals surface area contributed by atoms with Crippen LogP contribution in [0.2, 0.25) is 0 Å². The summed E-state index contributed by atoms with van der Waals surface area (Å²) in [6.45, 7) is 6.46. The molecule has 7 heteroatoms. The van der Waals surface area contributed by atoms with E-state index in [1.165, 1.54) is 0 Å². The lowest BCUT2D eigenvalue weighted by Gasteiger charge is -2.35. The molecule has 1 aliphatic heterocycles. The number of alkyl halides is 2. The first-order chi connectivity index (χ1) is 14.0. The standard InChI is InChI=1S/C22H26F2N2O2S/c1-17(15-25-11-13-28-14-12-25)26(16-18-5-3-2-4-6-18)21(27)19-7-9-20(10-8-19)29-22(23)24/h2-10,17,22H,11-16H2,1H3. The average molecular weight is 421 g/mol. The summed E-state index contributed by atoms with van der Waals surface area (Å²) in [5, 5.41) is 0. The number of hydrogen-bond donors (Lipinski definition) is 0. The van der Waals surface area contributed by atoms with Crippen molar-refractivity contribution in [1.29, 1.82) is 0 Å². The third-order valence-electron chi connectivity index (χ3n) is 4.94. The number of hydrogen-bond acceptors (Lipinski definition) is 4. The predicted molar refractivity (Wildman–Crippen MR) is 111 cm³/mol. The quantitative estimate of drug-likeness (QED) is 0.594. The molecule has 1 saturated heterocycles. The Morgan fingerprint density at radius 2 is 1.76 bits per heavy atom. The minimum atomic E-state index is -2.47. The molecule has 0 spiro atoms. The molecule has 1 atom stereocenters. The first-order valence-electron chi connectivity index (χ1n) is 9.73. The van der Waals surface area contributed by atoms with E-state index < -0.39 is 5.76 Å². The van der Waals surface area contributed by atoms with Gasteiger partial charge in [-0.25, -0.2) is 0 Å². The number of thioether (sulfide) groups is 1. The second-order valence-corrected chi connectivity index (χ2v) is 8.15. The highest BCUT2D eigenvalue weighted by molar-refractivity contribution is 7.99. The van der Waals surface area contributed by atoms with Crippen molar-refractivity contribution in [3.05, 3.63) is 65.7 Å². The molecule has 29 heavy (non-hydrogen) atoms. The topological polar surface area (TPSA) is 32.8 Å². The molecule has 1 unspecified atom stereocenters. The van der Waals surface area contributed by atoms with Crippen molar-refractivity contribution in [2.75, 3.05) is 32.8 Å². The van der Waals surface area contributed by atoms with E-state index in [-0.39, 0.29) is 11.9 Å². The first kappa shape index (κ1) is 21.7. The Morgan fingerprint density at radius 3 is 2.38 bits per heavy atom. The van der Waals surface area contributed by atoms with Gasteiger partial charge in [-0.15, -0.1) is 0 Å². The third kappa shape index (κ3) is 6.52. The molecule has 0 aliphatic carbocycles. The van der Waals surface area contributed by atoms with Crippen molar-refractivity contribution in [3.8, 4) is 0 Å². The van der Waals surface area contributed by atoms with E-state index in [4.69, 9.17) is 4.74 Å². The molecule has 1 amide bonds. The van der Waals surface area contributed by atoms with Crippen LogP contribution < -0.4 is 0 Å². The van der Waals surface area contributed by atoms with Crippen molar-refractivity contribution in [3.63, 3.8) is 0 Å². The second-order valence-electron chi connectivity index (χ2n) is 7.08. The molecule has 0 bridgehead atoms. The summed E-state index contributed by atoms with van der Waals surface area (Å²) in [6, 6.07) is 16.3. The maximum Gasteiger partial charge on any atom is 0.288 e. The monoisotopic (exact) mass is 420 g/mol.